The molecule has 0 atom stereocenters. The monoisotopic (exact) mass is 274 g/mol. The van der Waals surface area contributed by atoms with E-state index in [1.165, 1.54) is 6.07 Å². The standard InChI is InChI=1S/C13H10N2O5/c16-13-10(8-9-4-2-1-3-5-9)6-7-11(14(17)18)12(13)15(19)20/h1-7,16H,8H2. The van der Waals surface area contributed by atoms with Gasteiger partial charge in [-0.1, -0.05) is 30.3 Å². The number of aromatic hydroxyl groups is 1. The second-order valence-electron chi connectivity index (χ2n) is 4.12. The van der Waals surface area contributed by atoms with E-state index >= 15 is 0 Å². The van der Waals surface area contributed by atoms with Crippen LogP contribution in [0.1, 0.15) is 11.1 Å². The lowest BCUT2D eigenvalue weighted by Crippen LogP contribution is -1.99. The van der Waals surface area contributed by atoms with Crippen molar-refractivity contribution in [3.05, 3.63) is 73.8 Å². The van der Waals surface area contributed by atoms with Gasteiger partial charge in [0.15, 0.2) is 0 Å². The third-order valence-corrected chi connectivity index (χ3v) is 2.83. The number of nitro benzene ring substituents is 2. The molecule has 0 aliphatic rings. The van der Waals surface area contributed by atoms with Crippen LogP contribution >= 0.6 is 0 Å². The van der Waals surface area contributed by atoms with Gasteiger partial charge in [0.1, 0.15) is 0 Å². The van der Waals surface area contributed by atoms with Gasteiger partial charge >= 0.3 is 11.4 Å². The molecular formula is C13H10N2O5. The van der Waals surface area contributed by atoms with E-state index in [0.717, 1.165) is 11.6 Å². The Morgan fingerprint density at radius 2 is 1.60 bits per heavy atom. The van der Waals surface area contributed by atoms with Crippen molar-refractivity contribution in [1.82, 2.24) is 0 Å². The topological polar surface area (TPSA) is 107 Å². The summed E-state index contributed by atoms with van der Waals surface area (Å²) in [5.41, 5.74) is -0.479. The molecule has 2 aromatic rings. The molecule has 0 radical (unpaired) electrons. The molecule has 0 saturated heterocycles. The molecule has 7 heteroatoms. The van der Waals surface area contributed by atoms with Gasteiger partial charge in [-0.05, 0) is 11.6 Å². The molecule has 0 aromatic heterocycles. The van der Waals surface area contributed by atoms with E-state index in [-0.39, 0.29) is 12.0 Å². The summed E-state index contributed by atoms with van der Waals surface area (Å²) in [7, 11) is 0. The highest BCUT2D eigenvalue weighted by atomic mass is 16.6. The number of hydrogen-bond donors (Lipinski definition) is 1. The SMILES string of the molecule is O=[N+]([O-])c1ccc(Cc2ccccc2)c(O)c1[N+](=O)[O-]. The number of phenols is 1. The summed E-state index contributed by atoms with van der Waals surface area (Å²) >= 11 is 0. The van der Waals surface area contributed by atoms with Gasteiger partial charge in [-0.3, -0.25) is 20.2 Å². The van der Waals surface area contributed by atoms with E-state index < -0.39 is 27.0 Å². The normalized spacial score (nSPS) is 10.2. The second kappa shape index (κ2) is 5.35. The van der Waals surface area contributed by atoms with Crippen LogP contribution in [-0.2, 0) is 6.42 Å². The number of phenolic OH excluding ortho intramolecular Hbond substituents is 1. The van der Waals surface area contributed by atoms with Gasteiger partial charge in [-0.2, -0.15) is 0 Å². The summed E-state index contributed by atoms with van der Waals surface area (Å²) in [5, 5.41) is 31.5. The van der Waals surface area contributed by atoms with Gasteiger partial charge in [0.25, 0.3) is 0 Å². The van der Waals surface area contributed by atoms with Crippen LogP contribution in [0, 0.1) is 20.2 Å². The van der Waals surface area contributed by atoms with Crippen LogP contribution in [0.25, 0.3) is 0 Å². The van der Waals surface area contributed by atoms with Gasteiger partial charge in [-0.25, -0.2) is 0 Å². The van der Waals surface area contributed by atoms with Gasteiger partial charge in [0.2, 0.25) is 5.75 Å². The molecular weight excluding hydrogens is 264 g/mol. The summed E-state index contributed by atoms with van der Waals surface area (Å²) in [6.45, 7) is 0. The maximum atomic E-state index is 10.9. The average Bonchev–Trinajstić information content (AvgIpc) is 2.41. The maximum absolute atomic E-state index is 10.9. The predicted molar refractivity (Wildman–Crippen MR) is 70.7 cm³/mol. The molecule has 7 nitrogen and oxygen atoms in total. The zero-order valence-corrected chi connectivity index (χ0v) is 10.2. The number of benzene rings is 2. The highest BCUT2D eigenvalue weighted by Crippen LogP contribution is 2.38. The predicted octanol–water partition coefficient (Wildman–Crippen LogP) is 2.80. The average molecular weight is 274 g/mol. The van der Waals surface area contributed by atoms with Crippen molar-refractivity contribution in [2.24, 2.45) is 0 Å². The number of rotatable bonds is 4. The van der Waals surface area contributed by atoms with Crippen LogP contribution in [0.3, 0.4) is 0 Å². The number of nitrogens with zero attached hydrogens (tertiary/aromatic N) is 2. The Kier molecular flexibility index (Phi) is 3.60. The van der Waals surface area contributed by atoms with Crippen LogP contribution in [0.15, 0.2) is 42.5 Å². The van der Waals surface area contributed by atoms with E-state index in [9.17, 15) is 25.3 Å². The van der Waals surface area contributed by atoms with E-state index in [1.54, 1.807) is 24.3 Å². The van der Waals surface area contributed by atoms with Crippen molar-refractivity contribution in [2.45, 2.75) is 6.42 Å². The lowest BCUT2D eigenvalue weighted by Gasteiger charge is -2.05. The lowest BCUT2D eigenvalue weighted by molar-refractivity contribution is -0.423. The van der Waals surface area contributed by atoms with E-state index in [1.807, 2.05) is 6.07 Å². The number of nitro groups is 2. The summed E-state index contributed by atoms with van der Waals surface area (Å²) in [4.78, 5) is 19.8. The van der Waals surface area contributed by atoms with Crippen LogP contribution in [0.4, 0.5) is 11.4 Å². The summed E-state index contributed by atoms with van der Waals surface area (Å²) in [6.07, 6.45) is 0.255. The summed E-state index contributed by atoms with van der Waals surface area (Å²) in [5.74, 6) is -0.659. The van der Waals surface area contributed by atoms with Crippen LogP contribution in [-0.4, -0.2) is 15.0 Å². The van der Waals surface area contributed by atoms with Gasteiger partial charge in [-0.15, -0.1) is 0 Å². The molecule has 2 rings (SSSR count). The molecule has 0 spiro atoms. The van der Waals surface area contributed by atoms with Crippen molar-refractivity contribution in [3.8, 4) is 5.75 Å². The first-order valence-corrected chi connectivity index (χ1v) is 5.68. The van der Waals surface area contributed by atoms with Gasteiger partial charge < -0.3 is 5.11 Å². The molecule has 0 aliphatic heterocycles. The zero-order valence-electron chi connectivity index (χ0n) is 10.2. The Labute approximate surface area is 113 Å². The Morgan fingerprint density at radius 3 is 2.15 bits per heavy atom. The largest absolute Gasteiger partial charge is 0.502 e. The van der Waals surface area contributed by atoms with E-state index in [0.29, 0.717) is 0 Å². The molecule has 0 heterocycles. The first-order chi connectivity index (χ1) is 9.50. The molecule has 2 aromatic carbocycles. The minimum atomic E-state index is -0.942. The van der Waals surface area contributed by atoms with Gasteiger partial charge in [0.05, 0.1) is 9.85 Å². The molecule has 0 bridgehead atoms. The fourth-order valence-electron chi connectivity index (χ4n) is 1.90. The molecule has 0 fully saturated rings. The molecule has 0 amide bonds. The zero-order chi connectivity index (χ0) is 14.7. The minimum absolute atomic E-state index is 0.255. The molecule has 102 valence electrons. The van der Waals surface area contributed by atoms with E-state index in [4.69, 9.17) is 0 Å². The van der Waals surface area contributed by atoms with Crippen molar-refractivity contribution >= 4 is 11.4 Å². The molecule has 1 N–H and O–H groups in total. The second-order valence-corrected chi connectivity index (χ2v) is 4.12. The minimum Gasteiger partial charge on any atom is -0.502 e. The molecule has 20 heavy (non-hydrogen) atoms. The van der Waals surface area contributed by atoms with Gasteiger partial charge in [0, 0.05) is 18.1 Å². The fraction of sp³-hybridized carbons (Fsp3) is 0.0769. The molecule has 0 unspecified atom stereocenters. The third kappa shape index (κ3) is 2.56. The van der Waals surface area contributed by atoms with Crippen LogP contribution in [0.2, 0.25) is 0 Å². The molecule has 0 saturated carbocycles. The fourth-order valence-corrected chi connectivity index (χ4v) is 1.90. The highest BCUT2D eigenvalue weighted by Gasteiger charge is 2.30. The molecule has 0 aliphatic carbocycles. The number of hydrogen-bond acceptors (Lipinski definition) is 5. The maximum Gasteiger partial charge on any atom is 0.387 e. The Bertz CT molecular complexity index is 670. The van der Waals surface area contributed by atoms with Crippen molar-refractivity contribution < 1.29 is 15.0 Å². The highest BCUT2D eigenvalue weighted by molar-refractivity contribution is 5.64. The first kappa shape index (κ1) is 13.5. The Hall–Kier alpha value is -2.96. The van der Waals surface area contributed by atoms with E-state index in [2.05, 4.69) is 0 Å². The summed E-state index contributed by atoms with van der Waals surface area (Å²) in [6, 6.07) is 11.4. The smallest absolute Gasteiger partial charge is 0.387 e. The van der Waals surface area contributed by atoms with Crippen molar-refractivity contribution in [1.29, 1.82) is 0 Å². The third-order valence-electron chi connectivity index (χ3n) is 2.83. The summed E-state index contributed by atoms with van der Waals surface area (Å²) < 4.78 is 0. The van der Waals surface area contributed by atoms with Crippen molar-refractivity contribution in [2.75, 3.05) is 0 Å². The van der Waals surface area contributed by atoms with Crippen molar-refractivity contribution in [3.63, 3.8) is 0 Å². The first-order valence-electron chi connectivity index (χ1n) is 5.68. The Balaban J connectivity index is 2.49. The van der Waals surface area contributed by atoms with Crippen LogP contribution < -0.4 is 0 Å². The Morgan fingerprint density at radius 1 is 0.950 bits per heavy atom. The quantitative estimate of drug-likeness (QED) is 0.681. The van der Waals surface area contributed by atoms with Crippen LogP contribution in [0.5, 0.6) is 5.75 Å². The lowest BCUT2D eigenvalue weighted by atomic mass is 10.0.